The standard InChI is InChI=1S/C14H29NO2S/c1-4-6-8-12(5-2)11-15-13-9-7-10-14(13)18(3,16)17/h12-15H,4-11H2,1-3H3. The predicted molar refractivity (Wildman–Crippen MR) is 77.6 cm³/mol. The van der Waals surface area contributed by atoms with Crippen LogP contribution >= 0.6 is 0 Å². The third-order valence-electron chi connectivity index (χ3n) is 4.21. The Hall–Kier alpha value is -0.0900. The minimum atomic E-state index is -2.89. The van der Waals surface area contributed by atoms with Crippen LogP contribution in [0.2, 0.25) is 0 Å². The molecule has 3 atom stereocenters. The van der Waals surface area contributed by atoms with Gasteiger partial charge in [0.05, 0.1) is 5.25 Å². The molecule has 0 aromatic rings. The van der Waals surface area contributed by atoms with Gasteiger partial charge in [-0.1, -0.05) is 39.5 Å². The zero-order valence-electron chi connectivity index (χ0n) is 12.1. The highest BCUT2D eigenvalue weighted by Crippen LogP contribution is 2.25. The van der Waals surface area contributed by atoms with Crippen molar-refractivity contribution in [3.8, 4) is 0 Å². The Balaban J connectivity index is 2.41. The van der Waals surface area contributed by atoms with Crippen molar-refractivity contribution in [1.29, 1.82) is 0 Å². The summed E-state index contributed by atoms with van der Waals surface area (Å²) in [4.78, 5) is 0. The first-order valence-corrected chi connectivity index (χ1v) is 9.36. The van der Waals surface area contributed by atoms with Crippen LogP contribution in [0.15, 0.2) is 0 Å². The van der Waals surface area contributed by atoms with E-state index in [2.05, 4.69) is 19.2 Å². The molecule has 1 aliphatic carbocycles. The maximum absolute atomic E-state index is 11.7. The topological polar surface area (TPSA) is 46.2 Å². The van der Waals surface area contributed by atoms with Crippen LogP contribution in [-0.2, 0) is 9.84 Å². The number of nitrogens with one attached hydrogen (secondary N) is 1. The molecule has 0 spiro atoms. The largest absolute Gasteiger partial charge is 0.312 e. The number of rotatable bonds is 8. The van der Waals surface area contributed by atoms with E-state index in [0.717, 1.165) is 25.8 Å². The zero-order valence-corrected chi connectivity index (χ0v) is 12.9. The first-order chi connectivity index (χ1) is 8.49. The first kappa shape index (κ1) is 16.0. The summed E-state index contributed by atoms with van der Waals surface area (Å²) in [5, 5.41) is 3.37. The van der Waals surface area contributed by atoms with Crippen molar-refractivity contribution in [2.24, 2.45) is 5.92 Å². The van der Waals surface area contributed by atoms with Crippen molar-refractivity contribution in [3.05, 3.63) is 0 Å². The van der Waals surface area contributed by atoms with Crippen molar-refractivity contribution in [2.75, 3.05) is 12.8 Å². The molecule has 0 saturated heterocycles. The Morgan fingerprint density at radius 1 is 1.28 bits per heavy atom. The van der Waals surface area contributed by atoms with Gasteiger partial charge in [0.25, 0.3) is 0 Å². The van der Waals surface area contributed by atoms with E-state index >= 15 is 0 Å². The van der Waals surface area contributed by atoms with E-state index in [0.29, 0.717) is 5.92 Å². The Labute approximate surface area is 113 Å². The van der Waals surface area contributed by atoms with Gasteiger partial charge in [0.15, 0.2) is 9.84 Å². The minimum absolute atomic E-state index is 0.152. The van der Waals surface area contributed by atoms with Gasteiger partial charge < -0.3 is 5.32 Å². The van der Waals surface area contributed by atoms with Crippen molar-refractivity contribution < 1.29 is 8.42 Å². The smallest absolute Gasteiger partial charge is 0.151 e. The normalized spacial score (nSPS) is 26.4. The van der Waals surface area contributed by atoms with Crippen LogP contribution in [0.3, 0.4) is 0 Å². The molecule has 3 unspecified atom stereocenters. The van der Waals surface area contributed by atoms with Crippen LogP contribution in [0.4, 0.5) is 0 Å². The Morgan fingerprint density at radius 3 is 2.56 bits per heavy atom. The van der Waals surface area contributed by atoms with Gasteiger partial charge in [-0.25, -0.2) is 8.42 Å². The molecule has 0 radical (unpaired) electrons. The summed E-state index contributed by atoms with van der Waals surface area (Å²) in [5.74, 6) is 0.700. The van der Waals surface area contributed by atoms with Crippen LogP contribution in [0, 0.1) is 5.92 Å². The molecule has 0 aromatic carbocycles. The molecule has 18 heavy (non-hydrogen) atoms. The van der Waals surface area contributed by atoms with E-state index in [9.17, 15) is 8.42 Å². The highest BCUT2D eigenvalue weighted by Gasteiger charge is 2.34. The highest BCUT2D eigenvalue weighted by atomic mass is 32.2. The molecule has 1 rings (SSSR count). The summed E-state index contributed by atoms with van der Waals surface area (Å²) in [7, 11) is -2.89. The molecule has 1 aliphatic rings. The summed E-state index contributed by atoms with van der Waals surface area (Å²) in [6.45, 7) is 5.43. The van der Waals surface area contributed by atoms with E-state index in [-0.39, 0.29) is 11.3 Å². The molecule has 1 saturated carbocycles. The molecule has 4 heteroatoms. The van der Waals surface area contributed by atoms with Crippen LogP contribution in [0.1, 0.15) is 58.8 Å². The number of hydrogen-bond acceptors (Lipinski definition) is 3. The maximum atomic E-state index is 11.7. The van der Waals surface area contributed by atoms with Crippen molar-refractivity contribution in [1.82, 2.24) is 5.32 Å². The van der Waals surface area contributed by atoms with Crippen molar-refractivity contribution in [2.45, 2.75) is 70.1 Å². The molecule has 0 bridgehead atoms. The Morgan fingerprint density at radius 2 is 2.00 bits per heavy atom. The van der Waals surface area contributed by atoms with E-state index in [1.54, 1.807) is 0 Å². The Kier molecular flexibility index (Phi) is 6.64. The Bertz CT molecular complexity index is 327. The summed E-state index contributed by atoms with van der Waals surface area (Å²) >= 11 is 0. The van der Waals surface area contributed by atoms with E-state index in [1.165, 1.54) is 31.9 Å². The van der Waals surface area contributed by atoms with Gasteiger partial charge >= 0.3 is 0 Å². The van der Waals surface area contributed by atoms with Gasteiger partial charge in [-0.3, -0.25) is 0 Å². The lowest BCUT2D eigenvalue weighted by Gasteiger charge is -2.23. The third-order valence-corrected chi connectivity index (χ3v) is 5.88. The van der Waals surface area contributed by atoms with Crippen molar-refractivity contribution >= 4 is 9.84 Å². The maximum Gasteiger partial charge on any atom is 0.151 e. The molecule has 1 fully saturated rings. The second kappa shape index (κ2) is 7.49. The molecule has 0 aromatic heterocycles. The van der Waals surface area contributed by atoms with E-state index < -0.39 is 9.84 Å². The van der Waals surface area contributed by atoms with Gasteiger partial charge in [0.1, 0.15) is 0 Å². The second-order valence-corrected chi connectivity index (χ2v) is 7.99. The fraction of sp³-hybridized carbons (Fsp3) is 1.00. The zero-order chi connectivity index (χ0) is 13.6. The van der Waals surface area contributed by atoms with Gasteiger partial charge in [0, 0.05) is 12.3 Å². The molecule has 108 valence electrons. The van der Waals surface area contributed by atoms with Gasteiger partial charge in [-0.15, -0.1) is 0 Å². The quantitative estimate of drug-likeness (QED) is 0.741. The molecule has 0 aliphatic heterocycles. The summed E-state index contributed by atoms with van der Waals surface area (Å²) in [6, 6.07) is 0.190. The lowest BCUT2D eigenvalue weighted by atomic mass is 9.99. The van der Waals surface area contributed by atoms with E-state index in [1.807, 2.05) is 0 Å². The van der Waals surface area contributed by atoms with Crippen molar-refractivity contribution in [3.63, 3.8) is 0 Å². The summed E-state index contributed by atoms with van der Waals surface area (Å²) in [5.41, 5.74) is 0. The first-order valence-electron chi connectivity index (χ1n) is 7.41. The molecular formula is C14H29NO2S. The molecule has 3 nitrogen and oxygen atoms in total. The average molecular weight is 275 g/mol. The minimum Gasteiger partial charge on any atom is -0.312 e. The predicted octanol–water partition coefficient (Wildman–Crippen LogP) is 2.76. The van der Waals surface area contributed by atoms with Crippen LogP contribution in [0.25, 0.3) is 0 Å². The molecule has 0 amide bonds. The van der Waals surface area contributed by atoms with Gasteiger partial charge in [-0.05, 0) is 31.7 Å². The molecular weight excluding hydrogens is 246 g/mol. The lowest BCUT2D eigenvalue weighted by molar-refractivity contribution is 0.388. The van der Waals surface area contributed by atoms with Gasteiger partial charge in [0.2, 0.25) is 0 Å². The fourth-order valence-corrected chi connectivity index (χ4v) is 4.36. The van der Waals surface area contributed by atoms with Crippen LogP contribution in [0.5, 0.6) is 0 Å². The van der Waals surface area contributed by atoms with E-state index in [4.69, 9.17) is 0 Å². The molecule has 1 N–H and O–H groups in total. The fourth-order valence-electron chi connectivity index (χ4n) is 2.93. The number of unbranched alkanes of at least 4 members (excludes halogenated alkanes) is 1. The monoisotopic (exact) mass is 275 g/mol. The number of hydrogen-bond donors (Lipinski definition) is 1. The average Bonchev–Trinajstić information content (AvgIpc) is 2.77. The highest BCUT2D eigenvalue weighted by molar-refractivity contribution is 7.91. The SMILES string of the molecule is CCCCC(CC)CNC1CCCC1S(C)(=O)=O. The summed E-state index contributed by atoms with van der Waals surface area (Å²) in [6.07, 6.45) is 9.24. The summed E-state index contributed by atoms with van der Waals surface area (Å²) < 4.78 is 23.4. The third kappa shape index (κ3) is 4.88. The van der Waals surface area contributed by atoms with Crippen LogP contribution in [-0.4, -0.2) is 32.5 Å². The number of sulfone groups is 1. The second-order valence-electron chi connectivity index (χ2n) is 5.73. The lowest BCUT2D eigenvalue weighted by Crippen LogP contribution is -2.42. The van der Waals surface area contributed by atoms with Crippen LogP contribution < -0.4 is 5.32 Å². The van der Waals surface area contributed by atoms with Gasteiger partial charge in [-0.2, -0.15) is 0 Å². The molecule has 0 heterocycles.